The summed E-state index contributed by atoms with van der Waals surface area (Å²) in [6.07, 6.45) is 0.387. The molecule has 0 atom stereocenters. The first-order valence-corrected chi connectivity index (χ1v) is 8.03. The molecule has 0 unspecified atom stereocenters. The highest BCUT2D eigenvalue weighted by atomic mass is 35.5. The molecular weight excluding hydrogens is 358 g/mol. The van der Waals surface area contributed by atoms with Gasteiger partial charge in [-0.1, -0.05) is 41.9 Å². The number of carbonyl (C=O) groups is 2. The van der Waals surface area contributed by atoms with Crippen molar-refractivity contribution in [2.24, 2.45) is 0 Å². The van der Waals surface area contributed by atoms with Crippen molar-refractivity contribution >= 4 is 34.8 Å². The summed E-state index contributed by atoms with van der Waals surface area (Å²) in [7, 11) is 1.32. The van der Waals surface area contributed by atoms with Crippen molar-refractivity contribution in [3.8, 4) is 0 Å². The highest BCUT2D eigenvalue weighted by Gasteiger charge is 2.24. The fourth-order valence-corrected chi connectivity index (χ4v) is 2.82. The Morgan fingerprint density at radius 2 is 1.92 bits per heavy atom. The topological polar surface area (TPSA) is 74.6 Å². The molecule has 0 saturated heterocycles. The monoisotopic (exact) mass is 371 g/mol. The molecule has 3 rings (SSSR count). The fourth-order valence-electron chi connectivity index (χ4n) is 2.65. The van der Waals surface area contributed by atoms with Crippen LogP contribution in [0.25, 0.3) is 10.9 Å². The lowest BCUT2D eigenvalue weighted by atomic mass is 10.1. The highest BCUT2D eigenvalue weighted by Crippen LogP contribution is 2.19. The minimum atomic E-state index is -0.909. The molecule has 0 N–H and O–H groups in total. The number of aromatic nitrogens is 1. The van der Waals surface area contributed by atoms with Crippen molar-refractivity contribution in [3.63, 3.8) is 0 Å². The lowest BCUT2D eigenvalue weighted by Crippen LogP contribution is -2.27. The minimum absolute atomic E-state index is 0.0298. The van der Waals surface area contributed by atoms with Gasteiger partial charge in [0.15, 0.2) is 6.29 Å². The summed E-state index contributed by atoms with van der Waals surface area (Å²) in [6.45, 7) is -0.0298. The van der Waals surface area contributed by atoms with Crippen molar-refractivity contribution in [2.45, 2.75) is 6.61 Å². The summed E-state index contributed by atoms with van der Waals surface area (Å²) in [4.78, 5) is 42.1. The smallest absolute Gasteiger partial charge is 0.344 e. The van der Waals surface area contributed by atoms with Gasteiger partial charge in [-0.2, -0.15) is 4.73 Å². The average molecular weight is 372 g/mol. The summed E-state index contributed by atoms with van der Waals surface area (Å²) in [5, 5.41) is 0.469. The van der Waals surface area contributed by atoms with E-state index in [-0.39, 0.29) is 17.7 Å². The van der Waals surface area contributed by atoms with Crippen molar-refractivity contribution in [2.75, 3.05) is 7.11 Å². The molecule has 7 heteroatoms. The van der Waals surface area contributed by atoms with Crippen molar-refractivity contribution < 1.29 is 19.2 Å². The van der Waals surface area contributed by atoms with Crippen LogP contribution in [0, 0.1) is 0 Å². The zero-order chi connectivity index (χ0) is 18.7. The molecule has 2 aromatic carbocycles. The molecule has 0 spiro atoms. The second-order valence-electron chi connectivity index (χ2n) is 5.41. The normalized spacial score (nSPS) is 10.5. The molecule has 0 aliphatic rings. The molecule has 26 heavy (non-hydrogen) atoms. The Morgan fingerprint density at radius 3 is 2.58 bits per heavy atom. The van der Waals surface area contributed by atoms with Crippen LogP contribution in [-0.2, 0) is 11.3 Å². The second-order valence-corrected chi connectivity index (χ2v) is 5.84. The van der Waals surface area contributed by atoms with Gasteiger partial charge in [-0.3, -0.25) is 9.59 Å². The standard InChI is InChI=1S/C19H14ClNO5/c1-25-21-15-8-7-13(20)9-14(15)18(23)17(16(21)10-22)19(24)26-11-12-5-3-2-4-6-12/h2-10H,11H2,1H3. The van der Waals surface area contributed by atoms with Gasteiger partial charge in [-0.05, 0) is 23.8 Å². The highest BCUT2D eigenvalue weighted by molar-refractivity contribution is 6.31. The molecule has 0 bridgehead atoms. The lowest BCUT2D eigenvalue weighted by Gasteiger charge is -2.15. The Kier molecular flexibility index (Phi) is 5.04. The van der Waals surface area contributed by atoms with E-state index in [2.05, 4.69) is 0 Å². The molecule has 1 heterocycles. The van der Waals surface area contributed by atoms with Crippen LogP contribution in [-0.4, -0.2) is 24.1 Å². The van der Waals surface area contributed by atoms with Gasteiger partial charge in [0.05, 0.1) is 10.9 Å². The largest absolute Gasteiger partial charge is 0.457 e. The minimum Gasteiger partial charge on any atom is -0.457 e. The number of rotatable bonds is 5. The van der Waals surface area contributed by atoms with Gasteiger partial charge in [-0.25, -0.2) is 4.79 Å². The first kappa shape index (κ1) is 17.7. The van der Waals surface area contributed by atoms with E-state index in [9.17, 15) is 14.4 Å². The SMILES string of the molecule is COn1c(C=O)c(C(=O)OCc2ccccc2)c(=O)c2cc(Cl)ccc21. The van der Waals surface area contributed by atoms with Crippen LogP contribution in [0.2, 0.25) is 5.02 Å². The third-order valence-corrected chi connectivity index (χ3v) is 4.07. The molecule has 0 saturated carbocycles. The van der Waals surface area contributed by atoms with Crippen molar-refractivity contribution in [1.29, 1.82) is 0 Å². The molecule has 6 nitrogen and oxygen atoms in total. The van der Waals surface area contributed by atoms with Gasteiger partial charge in [0.25, 0.3) is 0 Å². The summed E-state index contributed by atoms with van der Waals surface area (Å²) >= 11 is 5.96. The predicted molar refractivity (Wildman–Crippen MR) is 96.7 cm³/mol. The van der Waals surface area contributed by atoms with Crippen LogP contribution >= 0.6 is 11.6 Å². The van der Waals surface area contributed by atoms with Crippen LogP contribution in [0.1, 0.15) is 26.4 Å². The van der Waals surface area contributed by atoms with Gasteiger partial charge in [0.2, 0.25) is 5.43 Å². The summed E-state index contributed by atoms with van der Waals surface area (Å²) < 4.78 is 6.33. The quantitative estimate of drug-likeness (QED) is 0.509. The zero-order valence-corrected chi connectivity index (χ0v) is 14.5. The molecule has 0 amide bonds. The second kappa shape index (κ2) is 7.41. The van der Waals surface area contributed by atoms with Gasteiger partial charge < -0.3 is 9.57 Å². The summed E-state index contributed by atoms with van der Waals surface area (Å²) in [5.74, 6) is -0.909. The van der Waals surface area contributed by atoms with E-state index in [1.165, 1.54) is 19.2 Å². The average Bonchev–Trinajstić information content (AvgIpc) is 2.67. The van der Waals surface area contributed by atoms with Crippen LogP contribution < -0.4 is 10.3 Å². The number of carbonyl (C=O) groups excluding carboxylic acids is 2. The molecule has 132 valence electrons. The predicted octanol–water partition coefficient (Wildman–Crippen LogP) is 2.88. The number of hydrogen-bond donors (Lipinski definition) is 0. The number of esters is 1. The molecule has 3 aromatic rings. The van der Waals surface area contributed by atoms with Crippen LogP contribution in [0.15, 0.2) is 53.3 Å². The third kappa shape index (κ3) is 3.19. The number of fused-ring (bicyclic) bond motifs is 1. The van der Waals surface area contributed by atoms with E-state index >= 15 is 0 Å². The molecule has 0 fully saturated rings. The van der Waals surface area contributed by atoms with E-state index in [4.69, 9.17) is 21.2 Å². The Labute approximate surface area is 153 Å². The zero-order valence-electron chi connectivity index (χ0n) is 13.8. The van der Waals surface area contributed by atoms with Gasteiger partial charge in [0.1, 0.15) is 25.0 Å². The fraction of sp³-hybridized carbons (Fsp3) is 0.105. The Balaban J connectivity index is 2.11. The van der Waals surface area contributed by atoms with Gasteiger partial charge >= 0.3 is 5.97 Å². The molecular formula is C19H14ClNO5. The van der Waals surface area contributed by atoms with Gasteiger partial charge in [0, 0.05) is 5.02 Å². The van der Waals surface area contributed by atoms with Crippen LogP contribution in [0.4, 0.5) is 0 Å². The maximum atomic E-state index is 12.8. The Morgan fingerprint density at radius 1 is 1.19 bits per heavy atom. The Bertz CT molecular complexity index is 1040. The number of aldehydes is 1. The number of hydrogen-bond acceptors (Lipinski definition) is 5. The number of nitrogens with zero attached hydrogens (tertiary/aromatic N) is 1. The van der Waals surface area contributed by atoms with Gasteiger partial charge in [-0.15, -0.1) is 0 Å². The van der Waals surface area contributed by atoms with E-state index in [0.717, 1.165) is 10.3 Å². The number of ether oxygens (including phenoxy) is 1. The number of halogens is 1. The van der Waals surface area contributed by atoms with Crippen LogP contribution in [0.3, 0.4) is 0 Å². The van der Waals surface area contributed by atoms with E-state index in [0.29, 0.717) is 16.8 Å². The Hall–Kier alpha value is -3.12. The number of pyridine rings is 1. The summed E-state index contributed by atoms with van der Waals surface area (Å²) in [6, 6.07) is 13.5. The van der Waals surface area contributed by atoms with E-state index in [1.807, 2.05) is 6.07 Å². The van der Waals surface area contributed by atoms with E-state index < -0.39 is 17.0 Å². The summed E-state index contributed by atoms with van der Waals surface area (Å²) in [5.41, 5.74) is -0.179. The lowest BCUT2D eigenvalue weighted by molar-refractivity contribution is 0.0463. The van der Waals surface area contributed by atoms with Crippen LogP contribution in [0.5, 0.6) is 0 Å². The van der Waals surface area contributed by atoms with Crippen molar-refractivity contribution in [3.05, 3.63) is 80.6 Å². The van der Waals surface area contributed by atoms with Crippen molar-refractivity contribution in [1.82, 2.24) is 4.73 Å². The molecule has 0 aliphatic heterocycles. The maximum Gasteiger partial charge on any atom is 0.344 e. The third-order valence-electron chi connectivity index (χ3n) is 3.84. The molecule has 0 aliphatic carbocycles. The first-order valence-electron chi connectivity index (χ1n) is 7.65. The van der Waals surface area contributed by atoms with E-state index in [1.54, 1.807) is 30.3 Å². The maximum absolute atomic E-state index is 12.8. The first-order chi connectivity index (χ1) is 12.6. The number of benzene rings is 2. The molecule has 1 aromatic heterocycles. The molecule has 0 radical (unpaired) electrons.